The number of hydrogen-bond acceptors (Lipinski definition) is 5. The second-order valence-corrected chi connectivity index (χ2v) is 9.20. The van der Waals surface area contributed by atoms with E-state index in [2.05, 4.69) is 0 Å². The zero-order chi connectivity index (χ0) is 20.1. The highest BCUT2D eigenvalue weighted by atomic mass is 32.2. The molecule has 7 nitrogen and oxygen atoms in total. The van der Waals surface area contributed by atoms with E-state index in [1.54, 1.807) is 12.1 Å². The van der Waals surface area contributed by atoms with E-state index in [4.69, 9.17) is 4.74 Å². The molecule has 0 bridgehead atoms. The van der Waals surface area contributed by atoms with Crippen molar-refractivity contribution in [1.82, 2.24) is 9.21 Å². The molecule has 1 aromatic rings. The van der Waals surface area contributed by atoms with Crippen LogP contribution in [0.5, 0.6) is 0 Å². The first-order valence-corrected chi connectivity index (χ1v) is 11.3. The Labute approximate surface area is 166 Å². The lowest BCUT2D eigenvalue weighted by Crippen LogP contribution is -2.46. The Bertz CT molecular complexity index is 835. The Morgan fingerprint density at radius 2 is 2.00 bits per heavy atom. The van der Waals surface area contributed by atoms with E-state index in [0.717, 1.165) is 19.4 Å². The summed E-state index contributed by atoms with van der Waals surface area (Å²) < 4.78 is 32.9. The number of likely N-dealkylation sites (N-methyl/N-ethyl adjacent to an activating group) is 1. The molecule has 2 fully saturated rings. The number of benzene rings is 1. The summed E-state index contributed by atoms with van der Waals surface area (Å²) in [5, 5.41) is 9.21. The molecule has 0 aliphatic carbocycles. The fourth-order valence-electron chi connectivity index (χ4n) is 3.93. The van der Waals surface area contributed by atoms with Crippen LogP contribution in [-0.4, -0.2) is 62.4 Å². The van der Waals surface area contributed by atoms with Crippen LogP contribution in [0.4, 0.5) is 0 Å². The molecule has 2 aliphatic heterocycles. The molecule has 1 aromatic carbocycles. The molecule has 1 amide bonds. The third-order valence-electron chi connectivity index (χ3n) is 5.57. The Kier molecular flexibility index (Phi) is 6.70. The van der Waals surface area contributed by atoms with Gasteiger partial charge in [0.1, 0.15) is 6.07 Å². The number of nitrogens with zero attached hydrogens (tertiary/aromatic N) is 3. The number of nitriles is 1. The maximum atomic E-state index is 12.9. The summed E-state index contributed by atoms with van der Waals surface area (Å²) in [6, 6.07) is 8.19. The molecule has 1 unspecified atom stereocenters. The second kappa shape index (κ2) is 9.03. The molecule has 2 aliphatic rings. The van der Waals surface area contributed by atoms with Crippen molar-refractivity contribution < 1.29 is 17.9 Å². The van der Waals surface area contributed by atoms with Crippen molar-refractivity contribution in [2.45, 2.75) is 43.6 Å². The van der Waals surface area contributed by atoms with Crippen molar-refractivity contribution in [3.05, 3.63) is 29.8 Å². The number of carbonyl (C=O) groups is 1. The maximum Gasteiger partial charge on any atom is 0.244 e. The van der Waals surface area contributed by atoms with E-state index in [0.29, 0.717) is 25.9 Å². The Morgan fingerprint density at radius 3 is 2.61 bits per heavy atom. The standard InChI is InChI=1S/C20H27N3O4S/c1-2-22(15-18-7-5-13-27-18)20(24)16-9-11-23(12-10-16)28(25,26)19-8-4-3-6-17(19)14-21/h3-4,6,8,16,18H,2,5,7,9-13,15H2,1H3. The van der Waals surface area contributed by atoms with Gasteiger partial charge in [-0.1, -0.05) is 12.1 Å². The molecule has 0 N–H and O–H groups in total. The fourth-order valence-corrected chi connectivity index (χ4v) is 5.55. The van der Waals surface area contributed by atoms with Gasteiger partial charge in [-0.15, -0.1) is 0 Å². The summed E-state index contributed by atoms with van der Waals surface area (Å²) in [6.07, 6.45) is 3.13. The van der Waals surface area contributed by atoms with Gasteiger partial charge in [0.25, 0.3) is 0 Å². The molecule has 0 saturated carbocycles. The molecule has 2 saturated heterocycles. The van der Waals surface area contributed by atoms with Crippen LogP contribution in [0.3, 0.4) is 0 Å². The minimum atomic E-state index is -3.73. The molecule has 2 heterocycles. The van der Waals surface area contributed by atoms with Crippen LogP contribution in [0, 0.1) is 17.2 Å². The van der Waals surface area contributed by atoms with Gasteiger partial charge in [-0.05, 0) is 44.7 Å². The highest BCUT2D eigenvalue weighted by Gasteiger charge is 2.35. The lowest BCUT2D eigenvalue weighted by Gasteiger charge is -2.34. The summed E-state index contributed by atoms with van der Waals surface area (Å²) in [5.74, 6) is -0.0773. The highest BCUT2D eigenvalue weighted by molar-refractivity contribution is 7.89. The quantitative estimate of drug-likeness (QED) is 0.722. The van der Waals surface area contributed by atoms with Crippen molar-refractivity contribution in [3.8, 4) is 6.07 Å². The minimum absolute atomic E-state index is 0.0378. The van der Waals surface area contributed by atoms with Crippen LogP contribution in [0.25, 0.3) is 0 Å². The van der Waals surface area contributed by atoms with Gasteiger partial charge in [0.15, 0.2) is 0 Å². The van der Waals surface area contributed by atoms with Gasteiger partial charge in [-0.3, -0.25) is 4.79 Å². The number of rotatable bonds is 6. The molecule has 0 spiro atoms. The number of hydrogen-bond donors (Lipinski definition) is 0. The van der Waals surface area contributed by atoms with Gasteiger partial charge in [0.2, 0.25) is 15.9 Å². The summed E-state index contributed by atoms with van der Waals surface area (Å²) in [4.78, 5) is 14.8. The van der Waals surface area contributed by atoms with Crippen molar-refractivity contribution >= 4 is 15.9 Å². The average Bonchev–Trinajstić information content (AvgIpc) is 3.24. The summed E-state index contributed by atoms with van der Waals surface area (Å²) >= 11 is 0. The Balaban J connectivity index is 1.63. The monoisotopic (exact) mass is 405 g/mol. The highest BCUT2D eigenvalue weighted by Crippen LogP contribution is 2.27. The normalized spacial score (nSPS) is 21.4. The summed E-state index contributed by atoms with van der Waals surface area (Å²) in [6.45, 7) is 4.55. The zero-order valence-corrected chi connectivity index (χ0v) is 17.0. The molecule has 0 radical (unpaired) electrons. The van der Waals surface area contributed by atoms with Gasteiger partial charge in [-0.25, -0.2) is 8.42 Å². The van der Waals surface area contributed by atoms with Gasteiger partial charge in [0.05, 0.1) is 16.6 Å². The first-order valence-electron chi connectivity index (χ1n) is 9.87. The lowest BCUT2D eigenvalue weighted by molar-refractivity contribution is -0.138. The third-order valence-corrected chi connectivity index (χ3v) is 7.53. The lowest BCUT2D eigenvalue weighted by atomic mass is 9.96. The van der Waals surface area contributed by atoms with Crippen molar-refractivity contribution in [2.24, 2.45) is 5.92 Å². The second-order valence-electron chi connectivity index (χ2n) is 7.30. The molecule has 0 aromatic heterocycles. The van der Waals surface area contributed by atoms with Crippen molar-refractivity contribution in [1.29, 1.82) is 5.26 Å². The van der Waals surface area contributed by atoms with Crippen LogP contribution in [0.2, 0.25) is 0 Å². The molecular formula is C20H27N3O4S. The van der Waals surface area contributed by atoms with Crippen LogP contribution in [0.1, 0.15) is 38.2 Å². The van der Waals surface area contributed by atoms with E-state index in [9.17, 15) is 18.5 Å². The number of carbonyl (C=O) groups excluding carboxylic acids is 1. The topological polar surface area (TPSA) is 90.7 Å². The Morgan fingerprint density at radius 1 is 1.29 bits per heavy atom. The SMILES string of the molecule is CCN(CC1CCCO1)C(=O)C1CCN(S(=O)(=O)c2ccccc2C#N)CC1. The molecule has 1 atom stereocenters. The molecule has 8 heteroatoms. The van der Waals surface area contributed by atoms with Crippen LogP contribution >= 0.6 is 0 Å². The number of sulfonamides is 1. The number of piperidine rings is 1. The first-order chi connectivity index (χ1) is 13.5. The summed E-state index contributed by atoms with van der Waals surface area (Å²) in [5.41, 5.74) is 0.148. The van der Waals surface area contributed by atoms with Gasteiger partial charge >= 0.3 is 0 Å². The minimum Gasteiger partial charge on any atom is -0.376 e. The predicted octanol–water partition coefficient (Wildman–Crippen LogP) is 1.99. The van der Waals surface area contributed by atoms with Gasteiger partial charge in [-0.2, -0.15) is 9.57 Å². The average molecular weight is 406 g/mol. The molecular weight excluding hydrogens is 378 g/mol. The third kappa shape index (κ3) is 4.37. The largest absolute Gasteiger partial charge is 0.376 e. The van der Waals surface area contributed by atoms with Crippen LogP contribution in [-0.2, 0) is 19.6 Å². The van der Waals surface area contributed by atoms with Gasteiger partial charge in [0, 0.05) is 38.7 Å². The number of ether oxygens (including phenoxy) is 1. The van der Waals surface area contributed by atoms with Gasteiger partial charge < -0.3 is 9.64 Å². The summed E-state index contributed by atoms with van der Waals surface area (Å²) in [7, 11) is -3.73. The van der Waals surface area contributed by atoms with E-state index >= 15 is 0 Å². The smallest absolute Gasteiger partial charge is 0.244 e. The van der Waals surface area contributed by atoms with Crippen molar-refractivity contribution in [3.63, 3.8) is 0 Å². The van der Waals surface area contributed by atoms with E-state index in [1.165, 1.54) is 16.4 Å². The van der Waals surface area contributed by atoms with Crippen molar-refractivity contribution in [2.75, 3.05) is 32.8 Å². The number of amides is 1. The molecule has 28 heavy (non-hydrogen) atoms. The molecule has 3 rings (SSSR count). The van der Waals surface area contributed by atoms with E-state index in [1.807, 2.05) is 17.9 Å². The fraction of sp³-hybridized carbons (Fsp3) is 0.600. The van der Waals surface area contributed by atoms with Crippen LogP contribution < -0.4 is 0 Å². The maximum absolute atomic E-state index is 12.9. The molecule has 152 valence electrons. The van der Waals surface area contributed by atoms with Crippen LogP contribution in [0.15, 0.2) is 29.2 Å². The first kappa shape index (κ1) is 20.8. The Hall–Kier alpha value is -1.95. The predicted molar refractivity (Wildman–Crippen MR) is 104 cm³/mol. The van der Waals surface area contributed by atoms with E-state index in [-0.39, 0.29) is 41.5 Å². The zero-order valence-electron chi connectivity index (χ0n) is 16.2. The van der Waals surface area contributed by atoms with E-state index < -0.39 is 10.0 Å².